The predicted octanol–water partition coefficient (Wildman–Crippen LogP) is 2.19. The number of methoxy groups -OCH3 is 1. The van der Waals surface area contributed by atoms with Crippen molar-refractivity contribution in [1.29, 1.82) is 0 Å². The number of rotatable bonds is 5. The van der Waals surface area contributed by atoms with E-state index in [0.29, 0.717) is 24.7 Å². The van der Waals surface area contributed by atoms with Gasteiger partial charge in [0.1, 0.15) is 6.61 Å². The van der Waals surface area contributed by atoms with Gasteiger partial charge in [-0.3, -0.25) is 4.98 Å². The van der Waals surface area contributed by atoms with Gasteiger partial charge in [-0.25, -0.2) is 0 Å². The molecule has 1 aromatic carbocycles. The Morgan fingerprint density at radius 2 is 2.24 bits per heavy atom. The van der Waals surface area contributed by atoms with Gasteiger partial charge in [-0.05, 0) is 17.7 Å². The zero-order valence-corrected chi connectivity index (χ0v) is 10.4. The molecule has 17 heavy (non-hydrogen) atoms. The number of thiazole rings is 1. The lowest BCUT2D eigenvalue weighted by molar-refractivity contribution is 0.287. The van der Waals surface area contributed by atoms with Crippen LogP contribution in [0.1, 0.15) is 10.4 Å². The first kappa shape index (κ1) is 11.9. The summed E-state index contributed by atoms with van der Waals surface area (Å²) < 4.78 is 10.9. The maximum Gasteiger partial charge on any atom is 0.162 e. The molecule has 1 aromatic heterocycles. The molecule has 90 valence electrons. The van der Waals surface area contributed by atoms with Crippen LogP contribution in [0.5, 0.6) is 11.5 Å². The van der Waals surface area contributed by atoms with E-state index < -0.39 is 0 Å². The van der Waals surface area contributed by atoms with E-state index in [1.54, 1.807) is 30.2 Å². The van der Waals surface area contributed by atoms with Gasteiger partial charge in [0.25, 0.3) is 0 Å². The minimum absolute atomic E-state index is 0.487. The Labute approximate surface area is 104 Å². The van der Waals surface area contributed by atoms with Crippen molar-refractivity contribution < 1.29 is 9.47 Å². The summed E-state index contributed by atoms with van der Waals surface area (Å²) in [7, 11) is 1.62. The fourth-order valence-electron chi connectivity index (χ4n) is 1.42. The summed E-state index contributed by atoms with van der Waals surface area (Å²) in [5.41, 5.74) is 8.40. The minimum Gasteiger partial charge on any atom is -0.493 e. The highest BCUT2D eigenvalue weighted by Gasteiger charge is 2.06. The summed E-state index contributed by atoms with van der Waals surface area (Å²) in [6.45, 7) is 0.982. The zero-order chi connectivity index (χ0) is 12.1. The van der Waals surface area contributed by atoms with Crippen LogP contribution in [-0.2, 0) is 13.2 Å². The molecule has 5 heteroatoms. The van der Waals surface area contributed by atoms with Gasteiger partial charge < -0.3 is 15.2 Å². The average molecular weight is 250 g/mol. The molecule has 2 rings (SSSR count). The van der Waals surface area contributed by atoms with Gasteiger partial charge in [0, 0.05) is 12.7 Å². The van der Waals surface area contributed by atoms with E-state index in [9.17, 15) is 0 Å². The molecule has 0 aliphatic carbocycles. The second kappa shape index (κ2) is 5.65. The summed E-state index contributed by atoms with van der Waals surface area (Å²) in [6.07, 6.45) is 1.80. The van der Waals surface area contributed by atoms with Crippen LogP contribution >= 0.6 is 11.3 Å². The van der Waals surface area contributed by atoms with Crippen molar-refractivity contribution in [3.8, 4) is 11.5 Å². The van der Waals surface area contributed by atoms with Gasteiger partial charge in [0.15, 0.2) is 11.5 Å². The van der Waals surface area contributed by atoms with Crippen molar-refractivity contribution in [1.82, 2.24) is 4.98 Å². The van der Waals surface area contributed by atoms with Crippen LogP contribution in [0.4, 0.5) is 0 Å². The van der Waals surface area contributed by atoms with Crippen LogP contribution < -0.4 is 15.2 Å². The molecule has 0 bridgehead atoms. The van der Waals surface area contributed by atoms with Crippen LogP contribution in [-0.4, -0.2) is 12.1 Å². The van der Waals surface area contributed by atoms with Crippen molar-refractivity contribution in [3.63, 3.8) is 0 Å². The van der Waals surface area contributed by atoms with Gasteiger partial charge in [0.2, 0.25) is 0 Å². The van der Waals surface area contributed by atoms with Crippen LogP contribution in [0.3, 0.4) is 0 Å². The summed E-state index contributed by atoms with van der Waals surface area (Å²) in [6, 6.07) is 5.70. The molecule has 0 fully saturated rings. The third-order valence-electron chi connectivity index (χ3n) is 2.32. The molecule has 0 saturated heterocycles. The second-order valence-corrected chi connectivity index (χ2v) is 4.42. The molecule has 2 aromatic rings. The van der Waals surface area contributed by atoms with E-state index in [2.05, 4.69) is 4.98 Å². The minimum atomic E-state index is 0.487. The van der Waals surface area contributed by atoms with Gasteiger partial charge in [-0.1, -0.05) is 6.07 Å². The lowest BCUT2D eigenvalue weighted by Gasteiger charge is -2.11. The highest BCUT2D eigenvalue weighted by Crippen LogP contribution is 2.28. The summed E-state index contributed by atoms with van der Waals surface area (Å²) in [4.78, 5) is 5.07. The largest absolute Gasteiger partial charge is 0.493 e. The summed E-state index contributed by atoms with van der Waals surface area (Å²) in [5.74, 6) is 1.43. The molecule has 0 radical (unpaired) electrons. The number of ether oxygens (including phenoxy) is 2. The van der Waals surface area contributed by atoms with E-state index in [1.807, 2.05) is 18.2 Å². The summed E-state index contributed by atoms with van der Waals surface area (Å²) >= 11 is 1.56. The molecular weight excluding hydrogens is 236 g/mol. The Morgan fingerprint density at radius 1 is 1.35 bits per heavy atom. The maximum absolute atomic E-state index is 5.70. The highest BCUT2D eigenvalue weighted by molar-refractivity contribution is 7.09. The Balaban J connectivity index is 2.12. The van der Waals surface area contributed by atoms with Crippen LogP contribution in [0.2, 0.25) is 0 Å². The van der Waals surface area contributed by atoms with Crippen LogP contribution in [0, 0.1) is 0 Å². The van der Waals surface area contributed by atoms with Crippen molar-refractivity contribution in [2.24, 2.45) is 5.73 Å². The lowest BCUT2D eigenvalue weighted by Crippen LogP contribution is -2.00. The first-order valence-electron chi connectivity index (χ1n) is 5.20. The number of benzene rings is 1. The standard InChI is InChI=1S/C12H14N2O2S/c1-15-11-3-2-9(5-13)4-12(11)16-7-10-6-14-8-17-10/h2-4,6,8H,5,7,13H2,1H3. The Hall–Kier alpha value is -1.59. The second-order valence-electron chi connectivity index (χ2n) is 3.45. The summed E-state index contributed by atoms with van der Waals surface area (Å²) in [5, 5.41) is 0. The monoisotopic (exact) mass is 250 g/mol. The topological polar surface area (TPSA) is 57.4 Å². The number of hydrogen-bond acceptors (Lipinski definition) is 5. The van der Waals surface area contributed by atoms with Crippen LogP contribution in [0.15, 0.2) is 29.9 Å². The normalized spacial score (nSPS) is 10.2. The van der Waals surface area contributed by atoms with Crippen LogP contribution in [0.25, 0.3) is 0 Å². The lowest BCUT2D eigenvalue weighted by atomic mass is 10.2. The molecule has 0 aliphatic heterocycles. The molecule has 0 spiro atoms. The van der Waals surface area contributed by atoms with Crippen molar-refractivity contribution in [2.45, 2.75) is 13.2 Å². The maximum atomic E-state index is 5.70. The fourth-order valence-corrected chi connectivity index (χ4v) is 1.93. The Morgan fingerprint density at radius 3 is 2.88 bits per heavy atom. The molecule has 1 heterocycles. The fraction of sp³-hybridized carbons (Fsp3) is 0.250. The van der Waals surface area contributed by atoms with Gasteiger partial charge in [-0.2, -0.15) is 0 Å². The third-order valence-corrected chi connectivity index (χ3v) is 3.07. The van der Waals surface area contributed by atoms with Crippen molar-refractivity contribution >= 4 is 11.3 Å². The highest BCUT2D eigenvalue weighted by atomic mass is 32.1. The Kier molecular flexibility index (Phi) is 3.95. The SMILES string of the molecule is COc1ccc(CN)cc1OCc1cncs1. The molecular formula is C12H14N2O2S. The number of nitrogens with zero attached hydrogens (tertiary/aromatic N) is 1. The molecule has 2 N–H and O–H groups in total. The average Bonchev–Trinajstić information content (AvgIpc) is 2.89. The van der Waals surface area contributed by atoms with Crippen molar-refractivity contribution in [2.75, 3.05) is 7.11 Å². The predicted molar refractivity (Wildman–Crippen MR) is 67.3 cm³/mol. The molecule has 0 atom stereocenters. The first-order chi connectivity index (χ1) is 8.33. The number of aromatic nitrogens is 1. The zero-order valence-electron chi connectivity index (χ0n) is 9.55. The van der Waals surface area contributed by atoms with E-state index in [-0.39, 0.29) is 0 Å². The third kappa shape index (κ3) is 2.95. The van der Waals surface area contributed by atoms with E-state index in [1.165, 1.54) is 0 Å². The van der Waals surface area contributed by atoms with Gasteiger partial charge in [-0.15, -0.1) is 11.3 Å². The van der Waals surface area contributed by atoms with Crippen molar-refractivity contribution in [3.05, 3.63) is 40.3 Å². The quantitative estimate of drug-likeness (QED) is 0.883. The molecule has 0 unspecified atom stereocenters. The number of hydrogen-bond donors (Lipinski definition) is 1. The van der Waals surface area contributed by atoms with E-state index >= 15 is 0 Å². The first-order valence-corrected chi connectivity index (χ1v) is 6.08. The smallest absolute Gasteiger partial charge is 0.162 e. The van der Waals surface area contributed by atoms with Gasteiger partial charge >= 0.3 is 0 Å². The molecule has 0 saturated carbocycles. The Bertz CT molecular complexity index is 471. The molecule has 0 aliphatic rings. The molecule has 4 nitrogen and oxygen atoms in total. The van der Waals surface area contributed by atoms with E-state index in [0.717, 1.165) is 10.4 Å². The number of nitrogens with two attached hydrogens (primary N) is 1. The molecule has 0 amide bonds. The van der Waals surface area contributed by atoms with E-state index in [4.69, 9.17) is 15.2 Å². The van der Waals surface area contributed by atoms with Gasteiger partial charge in [0.05, 0.1) is 17.5 Å².